The molecular formula is C24H26ClN3O5. The smallest absolute Gasteiger partial charge is 0.287 e. The number of hydrogen-bond donors (Lipinski definition) is 1. The molecule has 9 heteroatoms. The molecule has 33 heavy (non-hydrogen) atoms. The number of amides is 1. The molecule has 2 aromatic heterocycles. The molecule has 0 aliphatic carbocycles. The number of rotatable bonds is 8. The van der Waals surface area contributed by atoms with Crippen molar-refractivity contribution in [3.05, 3.63) is 82.0 Å². The van der Waals surface area contributed by atoms with E-state index in [1.807, 2.05) is 19.0 Å². The van der Waals surface area contributed by atoms with Gasteiger partial charge in [-0.15, -0.1) is 13.2 Å². The fourth-order valence-corrected chi connectivity index (χ4v) is 3.18. The number of nitrogens with zero attached hydrogens (tertiary/aromatic N) is 2. The van der Waals surface area contributed by atoms with Crippen LogP contribution in [0.25, 0.3) is 11.0 Å². The molecule has 3 rings (SSSR count). The fraction of sp³-hybridized carbons (Fsp3) is 0.250. The molecular weight excluding hydrogens is 446 g/mol. The summed E-state index contributed by atoms with van der Waals surface area (Å²) >= 11 is 6.02. The summed E-state index contributed by atoms with van der Waals surface area (Å²) in [4.78, 5) is 45.2. The van der Waals surface area contributed by atoms with Crippen LogP contribution in [0.5, 0.6) is 5.75 Å². The van der Waals surface area contributed by atoms with E-state index in [-0.39, 0.29) is 27.9 Å². The topological polar surface area (TPSA) is 102 Å². The molecule has 0 bridgehead atoms. The van der Waals surface area contributed by atoms with Crippen molar-refractivity contribution in [1.29, 1.82) is 0 Å². The molecule has 0 saturated carbocycles. The van der Waals surface area contributed by atoms with Gasteiger partial charge in [-0.1, -0.05) is 11.6 Å². The van der Waals surface area contributed by atoms with Gasteiger partial charge in [0.05, 0.1) is 18.7 Å². The van der Waals surface area contributed by atoms with Gasteiger partial charge in [-0.05, 0) is 51.3 Å². The molecule has 0 radical (unpaired) electrons. The molecule has 0 aliphatic rings. The van der Waals surface area contributed by atoms with Crippen LogP contribution in [0.2, 0.25) is 5.02 Å². The lowest BCUT2D eigenvalue weighted by Gasteiger charge is -2.12. The van der Waals surface area contributed by atoms with Crippen LogP contribution in [0.3, 0.4) is 0 Å². The van der Waals surface area contributed by atoms with Crippen molar-refractivity contribution in [2.45, 2.75) is 6.42 Å². The molecule has 174 valence electrons. The van der Waals surface area contributed by atoms with E-state index in [0.29, 0.717) is 23.7 Å². The quantitative estimate of drug-likeness (QED) is 0.304. The van der Waals surface area contributed by atoms with Gasteiger partial charge in [0, 0.05) is 23.3 Å². The Morgan fingerprint density at radius 1 is 1.21 bits per heavy atom. The molecule has 0 fully saturated rings. The maximum absolute atomic E-state index is 13.2. The monoisotopic (exact) mass is 471 g/mol. The number of benzene rings is 1. The Bertz CT molecular complexity index is 1210. The largest absolute Gasteiger partial charge is 0.495 e. The van der Waals surface area contributed by atoms with Crippen molar-refractivity contribution in [2.24, 2.45) is 0 Å². The molecule has 0 aliphatic heterocycles. The summed E-state index contributed by atoms with van der Waals surface area (Å²) in [7, 11) is 5.28. The zero-order chi connectivity index (χ0) is 24.5. The minimum absolute atomic E-state index is 0.0923. The summed E-state index contributed by atoms with van der Waals surface area (Å²) in [6.45, 7) is 7.12. The van der Waals surface area contributed by atoms with E-state index in [9.17, 15) is 14.4 Å². The number of ketones is 1. The van der Waals surface area contributed by atoms with Crippen LogP contribution in [-0.2, 0) is 0 Å². The van der Waals surface area contributed by atoms with Crippen LogP contribution in [0.1, 0.15) is 32.9 Å². The molecule has 0 atom stereocenters. The minimum atomic E-state index is -0.694. The summed E-state index contributed by atoms with van der Waals surface area (Å²) in [6.07, 6.45) is 3.41. The van der Waals surface area contributed by atoms with Gasteiger partial charge in [0.25, 0.3) is 5.91 Å². The molecule has 0 spiro atoms. The van der Waals surface area contributed by atoms with Crippen LogP contribution < -0.4 is 15.5 Å². The number of nitrogens with one attached hydrogen (secondary N) is 1. The third-order valence-corrected chi connectivity index (χ3v) is 4.80. The third-order valence-electron chi connectivity index (χ3n) is 4.56. The Labute approximate surface area is 196 Å². The van der Waals surface area contributed by atoms with Gasteiger partial charge in [-0.25, -0.2) is 0 Å². The van der Waals surface area contributed by atoms with E-state index in [0.717, 1.165) is 6.54 Å². The second-order valence-electron chi connectivity index (χ2n) is 7.13. The van der Waals surface area contributed by atoms with Gasteiger partial charge >= 0.3 is 0 Å². The van der Waals surface area contributed by atoms with E-state index >= 15 is 0 Å². The maximum Gasteiger partial charge on any atom is 0.287 e. The van der Waals surface area contributed by atoms with E-state index in [4.69, 9.17) is 20.8 Å². The van der Waals surface area contributed by atoms with Crippen LogP contribution in [0.15, 0.2) is 59.0 Å². The van der Waals surface area contributed by atoms with E-state index < -0.39 is 17.1 Å². The Morgan fingerprint density at radius 2 is 1.94 bits per heavy atom. The molecule has 1 amide bonds. The summed E-state index contributed by atoms with van der Waals surface area (Å²) in [5, 5.41) is 3.12. The first-order valence-electron chi connectivity index (χ1n) is 10.0. The highest BCUT2D eigenvalue weighted by Gasteiger charge is 2.27. The zero-order valence-corrected chi connectivity index (χ0v) is 19.6. The number of carbonyl (C=O) groups is 2. The Kier molecular flexibility index (Phi) is 9.32. The molecule has 0 saturated heterocycles. The van der Waals surface area contributed by atoms with E-state index in [1.54, 1.807) is 6.07 Å². The fourth-order valence-electron chi connectivity index (χ4n) is 3.01. The number of ether oxygens (including phenoxy) is 1. The number of halogens is 1. The number of pyridine rings is 1. The van der Waals surface area contributed by atoms with Crippen molar-refractivity contribution in [3.8, 4) is 5.75 Å². The predicted octanol–water partition coefficient (Wildman–Crippen LogP) is 3.56. The first-order chi connectivity index (χ1) is 15.8. The number of hydrogen-bond acceptors (Lipinski definition) is 7. The Hall–Kier alpha value is -3.49. The Balaban J connectivity index is 0.00000187. The van der Waals surface area contributed by atoms with Gasteiger partial charge in [-0.2, -0.15) is 0 Å². The molecule has 0 unspecified atom stereocenters. The Morgan fingerprint density at radius 3 is 2.61 bits per heavy atom. The van der Waals surface area contributed by atoms with Crippen molar-refractivity contribution in [3.63, 3.8) is 0 Å². The van der Waals surface area contributed by atoms with Crippen LogP contribution in [0.4, 0.5) is 0 Å². The number of methoxy groups -OCH3 is 1. The lowest BCUT2D eigenvalue weighted by atomic mass is 10.0. The summed E-state index contributed by atoms with van der Waals surface area (Å²) in [5.74, 6) is -1.35. The normalized spacial score (nSPS) is 10.5. The van der Waals surface area contributed by atoms with Crippen molar-refractivity contribution in [1.82, 2.24) is 15.2 Å². The van der Waals surface area contributed by atoms with Crippen molar-refractivity contribution in [2.75, 3.05) is 34.3 Å². The lowest BCUT2D eigenvalue weighted by molar-refractivity contribution is 0.0912. The number of carbonyl (C=O) groups excluding carboxylic acids is 2. The minimum Gasteiger partial charge on any atom is -0.495 e. The highest BCUT2D eigenvalue weighted by Crippen LogP contribution is 2.22. The molecule has 8 nitrogen and oxygen atoms in total. The predicted molar refractivity (Wildman–Crippen MR) is 128 cm³/mol. The number of aromatic nitrogens is 1. The molecule has 1 aromatic carbocycles. The van der Waals surface area contributed by atoms with Gasteiger partial charge in [-0.3, -0.25) is 19.4 Å². The second kappa shape index (κ2) is 11.9. The summed E-state index contributed by atoms with van der Waals surface area (Å²) < 4.78 is 10.8. The van der Waals surface area contributed by atoms with Gasteiger partial charge in [0.2, 0.25) is 17.0 Å². The van der Waals surface area contributed by atoms with Gasteiger partial charge in [0.1, 0.15) is 16.9 Å². The average molecular weight is 472 g/mol. The van der Waals surface area contributed by atoms with E-state index in [2.05, 4.69) is 23.5 Å². The first-order valence-corrected chi connectivity index (χ1v) is 10.4. The van der Waals surface area contributed by atoms with Crippen LogP contribution in [0, 0.1) is 0 Å². The first kappa shape index (κ1) is 25.8. The van der Waals surface area contributed by atoms with Gasteiger partial charge < -0.3 is 19.4 Å². The van der Waals surface area contributed by atoms with Crippen molar-refractivity contribution >= 4 is 34.3 Å². The lowest BCUT2D eigenvalue weighted by Crippen LogP contribution is -2.31. The molecule has 1 N–H and O–H groups in total. The van der Waals surface area contributed by atoms with Crippen LogP contribution in [-0.4, -0.2) is 55.9 Å². The van der Waals surface area contributed by atoms with Crippen LogP contribution >= 0.6 is 11.6 Å². The third kappa shape index (κ3) is 6.27. The molecule has 3 aromatic rings. The highest BCUT2D eigenvalue weighted by atomic mass is 35.5. The van der Waals surface area contributed by atoms with E-state index in [1.165, 1.54) is 37.7 Å². The maximum atomic E-state index is 13.2. The zero-order valence-electron chi connectivity index (χ0n) is 18.8. The highest BCUT2D eigenvalue weighted by molar-refractivity contribution is 6.31. The summed E-state index contributed by atoms with van der Waals surface area (Å²) in [6, 6.07) is 5.88. The average Bonchev–Trinajstić information content (AvgIpc) is 2.82. The van der Waals surface area contributed by atoms with Gasteiger partial charge in [0.15, 0.2) is 0 Å². The standard InChI is InChI=1S/C22H22ClN3O5.C2H4/c1-26(2)8-4-7-25-22(29)21-18(19(27)13-9-15(30-3)12-24-11-13)20(28)16-10-14(23)5-6-17(16)31-21;1-2/h5-6,9-12H,4,7-8H2,1-3H3,(H,25,29);1-2H2. The number of fused-ring (bicyclic) bond motifs is 1. The van der Waals surface area contributed by atoms with Crippen molar-refractivity contribution < 1.29 is 18.7 Å². The SMILES string of the molecule is C=C.COc1cncc(C(=O)c2c(C(=O)NCCCN(C)C)oc3ccc(Cl)cc3c2=O)c1. The molecule has 2 heterocycles. The second-order valence-corrected chi connectivity index (χ2v) is 7.57. The summed E-state index contributed by atoms with van der Waals surface area (Å²) in [5.41, 5.74) is -0.771.